The Labute approximate surface area is 210 Å². The number of ether oxygens (including phenoxy) is 3. The van der Waals surface area contributed by atoms with E-state index in [1.807, 2.05) is 91.0 Å². The molecular formula is C29H31NO6. The minimum Gasteiger partial charge on any atom is -0.388 e. The summed E-state index contributed by atoms with van der Waals surface area (Å²) in [5, 5.41) is 21.3. The molecule has 2 N–H and O–H groups in total. The lowest BCUT2D eigenvalue weighted by Crippen LogP contribution is -2.46. The van der Waals surface area contributed by atoms with E-state index in [1.165, 1.54) is 4.90 Å². The Morgan fingerprint density at radius 2 is 1.14 bits per heavy atom. The van der Waals surface area contributed by atoms with Gasteiger partial charge in [0.15, 0.2) is 6.10 Å². The predicted molar refractivity (Wildman–Crippen MR) is 133 cm³/mol. The molecule has 3 aromatic carbocycles. The van der Waals surface area contributed by atoms with E-state index in [0.717, 1.165) is 16.7 Å². The van der Waals surface area contributed by atoms with E-state index >= 15 is 0 Å². The third kappa shape index (κ3) is 5.21. The fourth-order valence-electron chi connectivity index (χ4n) is 5.09. The fourth-order valence-corrected chi connectivity index (χ4v) is 5.09. The van der Waals surface area contributed by atoms with Gasteiger partial charge in [-0.3, -0.25) is 4.79 Å². The van der Waals surface area contributed by atoms with E-state index in [1.54, 1.807) is 0 Å². The van der Waals surface area contributed by atoms with E-state index in [9.17, 15) is 15.0 Å². The summed E-state index contributed by atoms with van der Waals surface area (Å²) >= 11 is 0. The first-order valence-electron chi connectivity index (χ1n) is 12.2. The van der Waals surface area contributed by atoms with Crippen molar-refractivity contribution >= 4 is 5.91 Å². The summed E-state index contributed by atoms with van der Waals surface area (Å²) in [6, 6.07) is 28.0. The zero-order valence-corrected chi connectivity index (χ0v) is 19.9. The van der Waals surface area contributed by atoms with E-state index in [0.29, 0.717) is 13.2 Å². The van der Waals surface area contributed by atoms with Gasteiger partial charge in [0.05, 0.1) is 38.5 Å². The van der Waals surface area contributed by atoms with Gasteiger partial charge < -0.3 is 29.3 Å². The zero-order valence-electron chi connectivity index (χ0n) is 19.9. The number of fused-ring (bicyclic) bond motifs is 1. The Morgan fingerprint density at radius 1 is 0.667 bits per heavy atom. The predicted octanol–water partition coefficient (Wildman–Crippen LogP) is 2.69. The third-order valence-electron chi connectivity index (χ3n) is 6.87. The van der Waals surface area contributed by atoms with Gasteiger partial charge >= 0.3 is 0 Å². The van der Waals surface area contributed by atoms with Gasteiger partial charge in [0.2, 0.25) is 0 Å². The van der Waals surface area contributed by atoms with Gasteiger partial charge in [-0.15, -0.1) is 0 Å². The monoisotopic (exact) mass is 489 g/mol. The number of carbonyl (C=O) groups is 1. The minimum atomic E-state index is -1.50. The lowest BCUT2D eigenvalue weighted by molar-refractivity contribution is -0.141. The molecule has 0 aliphatic carbocycles. The highest BCUT2D eigenvalue weighted by Gasteiger charge is 2.62. The minimum absolute atomic E-state index is 0.182. The Kier molecular flexibility index (Phi) is 7.75. The number of hydrogen-bond donors (Lipinski definition) is 2. The number of aliphatic hydroxyl groups excluding tert-OH is 2. The van der Waals surface area contributed by atoms with Crippen molar-refractivity contribution in [2.24, 2.45) is 0 Å². The first-order chi connectivity index (χ1) is 17.6. The Morgan fingerprint density at radius 3 is 1.67 bits per heavy atom. The van der Waals surface area contributed by atoms with Gasteiger partial charge in [0.25, 0.3) is 5.91 Å². The molecule has 0 spiro atoms. The highest BCUT2D eigenvalue weighted by atomic mass is 16.6. The molecule has 0 saturated carbocycles. The Hall–Kier alpha value is -3.07. The fraction of sp³-hybridized carbons (Fsp3) is 0.345. The van der Waals surface area contributed by atoms with Gasteiger partial charge in [-0.05, 0) is 16.7 Å². The van der Waals surface area contributed by atoms with Crippen LogP contribution >= 0.6 is 0 Å². The number of rotatable bonds is 10. The average Bonchev–Trinajstić information content (AvgIpc) is 3.35. The van der Waals surface area contributed by atoms with Crippen molar-refractivity contribution < 1.29 is 29.2 Å². The number of aliphatic hydroxyl groups is 2. The summed E-state index contributed by atoms with van der Waals surface area (Å²) in [5.41, 5.74) is 2.97. The lowest BCUT2D eigenvalue weighted by atomic mass is 10.0. The van der Waals surface area contributed by atoms with E-state index in [4.69, 9.17) is 14.2 Å². The number of hydrogen-bond acceptors (Lipinski definition) is 6. The molecule has 3 aromatic rings. The van der Waals surface area contributed by atoms with Crippen molar-refractivity contribution in [3.63, 3.8) is 0 Å². The smallest absolute Gasteiger partial charge is 0.255 e. The molecule has 2 aliphatic heterocycles. The van der Waals surface area contributed by atoms with Crippen LogP contribution < -0.4 is 0 Å². The number of carbonyl (C=O) groups excluding carboxylic acids is 1. The summed E-state index contributed by atoms with van der Waals surface area (Å²) in [6.45, 7) is 1.16. The van der Waals surface area contributed by atoms with Gasteiger partial charge in [0, 0.05) is 0 Å². The van der Waals surface area contributed by atoms with Crippen molar-refractivity contribution in [2.75, 3.05) is 6.61 Å². The number of amides is 1. The van der Waals surface area contributed by atoms with Crippen molar-refractivity contribution in [1.82, 2.24) is 4.90 Å². The quantitative estimate of drug-likeness (QED) is 0.455. The third-order valence-corrected chi connectivity index (χ3v) is 6.87. The largest absolute Gasteiger partial charge is 0.388 e. The van der Waals surface area contributed by atoms with Crippen LogP contribution in [0.25, 0.3) is 0 Å². The van der Waals surface area contributed by atoms with E-state index in [2.05, 4.69) is 0 Å². The van der Waals surface area contributed by atoms with Crippen LogP contribution in [0.1, 0.15) is 16.7 Å². The molecule has 7 heteroatoms. The second kappa shape index (κ2) is 11.3. The highest BCUT2D eigenvalue weighted by Crippen LogP contribution is 2.39. The van der Waals surface area contributed by atoms with Gasteiger partial charge in [-0.1, -0.05) is 91.0 Å². The second-order valence-electron chi connectivity index (χ2n) is 9.26. The molecule has 7 nitrogen and oxygen atoms in total. The standard InChI is InChI=1S/C29H31NO6/c31-25-24-28(36-18-22-14-8-3-9-15-22)27(35-17-21-12-6-2-7-13-21)23(30(24)29(33)26(25)32)19-34-16-20-10-4-1-5-11-20/h1-15,23-28,31-32H,16-19H2/t23-,24-,25-,26-,27-,28-/m1/s1. The lowest BCUT2D eigenvalue weighted by Gasteiger charge is -2.28. The van der Waals surface area contributed by atoms with Crippen LogP contribution in [0.5, 0.6) is 0 Å². The molecule has 6 atom stereocenters. The Bertz CT molecular complexity index is 1110. The molecular weight excluding hydrogens is 458 g/mol. The van der Waals surface area contributed by atoms with Gasteiger partial charge in [-0.25, -0.2) is 0 Å². The number of nitrogens with zero attached hydrogens (tertiary/aromatic N) is 1. The molecule has 5 rings (SSSR count). The summed E-state index contributed by atoms with van der Waals surface area (Å²) in [4.78, 5) is 14.5. The molecule has 2 heterocycles. The molecule has 36 heavy (non-hydrogen) atoms. The summed E-state index contributed by atoms with van der Waals surface area (Å²) in [7, 11) is 0. The van der Waals surface area contributed by atoms with Crippen LogP contribution in [0.2, 0.25) is 0 Å². The molecule has 0 aromatic heterocycles. The van der Waals surface area contributed by atoms with Crippen LogP contribution in [0, 0.1) is 0 Å². The normalized spacial score (nSPS) is 27.4. The van der Waals surface area contributed by atoms with Crippen LogP contribution in [-0.4, -0.2) is 64.1 Å². The summed E-state index contributed by atoms with van der Waals surface area (Å²) < 4.78 is 18.7. The molecule has 2 saturated heterocycles. The Balaban J connectivity index is 1.39. The molecule has 0 bridgehead atoms. The van der Waals surface area contributed by atoms with Crippen molar-refractivity contribution in [2.45, 2.75) is 56.3 Å². The van der Waals surface area contributed by atoms with E-state index in [-0.39, 0.29) is 13.2 Å². The van der Waals surface area contributed by atoms with E-state index < -0.39 is 42.4 Å². The van der Waals surface area contributed by atoms with Crippen LogP contribution in [0.4, 0.5) is 0 Å². The SMILES string of the molecule is O=C1[C@H](O)[C@H](O)[C@@H]2[C@@H](OCc3ccccc3)[C@H](OCc3ccccc3)[C@@H](COCc3ccccc3)N12. The van der Waals surface area contributed by atoms with Crippen molar-refractivity contribution in [3.05, 3.63) is 108 Å². The first-order valence-corrected chi connectivity index (χ1v) is 12.2. The maximum atomic E-state index is 13.0. The maximum Gasteiger partial charge on any atom is 0.255 e. The molecule has 188 valence electrons. The topological polar surface area (TPSA) is 88.5 Å². The van der Waals surface area contributed by atoms with Gasteiger partial charge in [0.1, 0.15) is 18.3 Å². The van der Waals surface area contributed by atoms with Crippen LogP contribution in [0.15, 0.2) is 91.0 Å². The molecule has 0 radical (unpaired) electrons. The van der Waals surface area contributed by atoms with Crippen molar-refractivity contribution in [3.8, 4) is 0 Å². The summed E-state index contributed by atoms with van der Waals surface area (Å²) in [6.07, 6.45) is -3.97. The maximum absolute atomic E-state index is 13.0. The highest BCUT2D eigenvalue weighted by molar-refractivity contribution is 5.85. The first kappa shape index (κ1) is 24.6. The molecule has 1 amide bonds. The molecule has 2 fully saturated rings. The molecule has 2 aliphatic rings. The zero-order chi connectivity index (χ0) is 24.9. The van der Waals surface area contributed by atoms with Gasteiger partial charge in [-0.2, -0.15) is 0 Å². The van der Waals surface area contributed by atoms with Crippen LogP contribution in [-0.2, 0) is 38.8 Å². The second-order valence-corrected chi connectivity index (χ2v) is 9.26. The number of benzene rings is 3. The molecule has 0 unspecified atom stereocenters. The van der Waals surface area contributed by atoms with Crippen molar-refractivity contribution in [1.29, 1.82) is 0 Å². The average molecular weight is 490 g/mol. The summed E-state index contributed by atoms with van der Waals surface area (Å²) in [5.74, 6) is -0.528. The van der Waals surface area contributed by atoms with Crippen LogP contribution in [0.3, 0.4) is 0 Å².